The minimum Gasteiger partial charge on any atom is -0.449 e. The van der Waals surface area contributed by atoms with Crippen molar-refractivity contribution in [2.45, 2.75) is 33.7 Å². The van der Waals surface area contributed by atoms with Crippen LogP contribution in [0.3, 0.4) is 0 Å². The maximum absolute atomic E-state index is 13.6. The molecule has 9 heteroatoms. The summed E-state index contributed by atoms with van der Waals surface area (Å²) in [6.45, 7) is 7.72. The van der Waals surface area contributed by atoms with Crippen LogP contribution in [0, 0.1) is 13.8 Å². The van der Waals surface area contributed by atoms with Crippen LogP contribution in [0.25, 0.3) is 32.9 Å². The van der Waals surface area contributed by atoms with Gasteiger partial charge in [-0.2, -0.15) is 0 Å². The number of cyclic esters (lactones) is 1. The number of aryl methyl sites for hydroxylation is 2. The summed E-state index contributed by atoms with van der Waals surface area (Å²) in [7, 11) is 0. The van der Waals surface area contributed by atoms with E-state index in [1.165, 1.54) is 0 Å². The number of hydrogen-bond acceptors (Lipinski definition) is 5. The number of halogens is 1. The molecule has 0 spiro atoms. The van der Waals surface area contributed by atoms with E-state index in [2.05, 4.69) is 21.1 Å². The summed E-state index contributed by atoms with van der Waals surface area (Å²) in [6, 6.07) is 17.7. The Hall–Kier alpha value is -4.30. The molecule has 8 nitrogen and oxygen atoms in total. The number of rotatable bonds is 6. The number of nitrogens with one attached hydrogen (secondary N) is 1. The van der Waals surface area contributed by atoms with E-state index in [-0.39, 0.29) is 12.0 Å². The molecule has 1 saturated heterocycles. The summed E-state index contributed by atoms with van der Waals surface area (Å²) in [5.74, 6) is 0.513. The second-order valence-corrected chi connectivity index (χ2v) is 10.4. The Morgan fingerprint density at radius 3 is 2.58 bits per heavy atom. The van der Waals surface area contributed by atoms with Gasteiger partial charge in [-0.05, 0) is 80.8 Å². The molecule has 204 valence electrons. The van der Waals surface area contributed by atoms with Crippen LogP contribution >= 0.6 is 11.6 Å². The maximum Gasteiger partial charge on any atom is 0.414 e. The van der Waals surface area contributed by atoms with Crippen molar-refractivity contribution in [3.05, 3.63) is 82.2 Å². The second kappa shape index (κ2) is 10.4. The van der Waals surface area contributed by atoms with E-state index in [0.29, 0.717) is 42.6 Å². The molecule has 0 atom stereocenters. The number of anilines is 1. The quantitative estimate of drug-likeness (QED) is 0.247. The monoisotopic (exact) mass is 556 g/mol. The molecule has 0 saturated carbocycles. The minimum absolute atomic E-state index is 0.172. The average molecular weight is 557 g/mol. The van der Waals surface area contributed by atoms with Crippen LogP contribution in [-0.2, 0) is 11.3 Å². The molecule has 0 unspecified atom stereocenters. The minimum atomic E-state index is -0.361. The van der Waals surface area contributed by atoms with E-state index in [1.807, 2.05) is 69.3 Å². The Labute approximate surface area is 236 Å². The van der Waals surface area contributed by atoms with Gasteiger partial charge in [-0.25, -0.2) is 4.79 Å². The third kappa shape index (κ3) is 4.48. The summed E-state index contributed by atoms with van der Waals surface area (Å²) in [6.07, 6.45) is 0.396. The number of aromatic nitrogens is 2. The van der Waals surface area contributed by atoms with Gasteiger partial charge in [0.05, 0.1) is 17.8 Å². The number of amides is 2. The zero-order chi connectivity index (χ0) is 28.0. The normalized spacial score (nSPS) is 13.7. The van der Waals surface area contributed by atoms with Gasteiger partial charge in [0.1, 0.15) is 5.76 Å². The van der Waals surface area contributed by atoms with E-state index in [9.17, 15) is 9.59 Å². The van der Waals surface area contributed by atoms with Crippen LogP contribution in [0.1, 0.15) is 40.7 Å². The van der Waals surface area contributed by atoms with Gasteiger partial charge in [-0.1, -0.05) is 28.9 Å². The zero-order valence-corrected chi connectivity index (χ0v) is 23.3. The molecule has 1 N–H and O–H groups in total. The SMILES string of the molecule is CCNC(=O)c1cc(-c2c(C)noc2C)cc2c1c1cc(N3CCCOC3=O)ccc1n2Cc1ccc(Cl)cc1. The molecule has 40 heavy (non-hydrogen) atoms. The number of benzene rings is 3. The fourth-order valence-electron chi connectivity index (χ4n) is 5.58. The summed E-state index contributed by atoms with van der Waals surface area (Å²) < 4.78 is 13.0. The maximum atomic E-state index is 13.6. The van der Waals surface area contributed by atoms with Crippen molar-refractivity contribution < 1.29 is 18.8 Å². The number of carbonyl (C=O) groups is 2. The third-order valence-corrected chi connectivity index (χ3v) is 7.64. The first-order valence-corrected chi connectivity index (χ1v) is 13.7. The van der Waals surface area contributed by atoms with Gasteiger partial charge >= 0.3 is 6.09 Å². The fourth-order valence-corrected chi connectivity index (χ4v) is 5.71. The molecular formula is C31H29ClN4O4. The van der Waals surface area contributed by atoms with Crippen LogP contribution in [0.5, 0.6) is 0 Å². The lowest BCUT2D eigenvalue weighted by Gasteiger charge is -2.26. The van der Waals surface area contributed by atoms with E-state index in [4.69, 9.17) is 20.9 Å². The van der Waals surface area contributed by atoms with Gasteiger partial charge in [0.15, 0.2) is 0 Å². The fraction of sp³-hybridized carbons (Fsp3) is 0.258. The molecule has 6 rings (SSSR count). The molecule has 2 aromatic heterocycles. The standard InChI is InChI=1S/C31H29ClN4O4/c1-4-33-30(37)25-14-21(28-18(2)34-40-19(28)3)15-27-29(25)24-16-23(35-12-5-13-39-31(35)38)10-11-26(24)36(27)17-20-6-8-22(32)9-7-20/h6-11,14-16H,4-5,12-13,17H2,1-3H3,(H,33,37). The Balaban J connectivity index is 1.66. The number of nitrogens with zero attached hydrogens (tertiary/aromatic N) is 3. The molecule has 3 heterocycles. The van der Waals surface area contributed by atoms with Crippen molar-refractivity contribution in [3.63, 3.8) is 0 Å². The highest BCUT2D eigenvalue weighted by Crippen LogP contribution is 2.39. The molecule has 0 radical (unpaired) electrons. The van der Waals surface area contributed by atoms with Gasteiger partial charge in [0, 0.05) is 57.8 Å². The van der Waals surface area contributed by atoms with Crippen LogP contribution in [-0.4, -0.2) is 41.4 Å². The molecular weight excluding hydrogens is 528 g/mol. The van der Waals surface area contributed by atoms with Gasteiger partial charge in [-0.15, -0.1) is 0 Å². The van der Waals surface area contributed by atoms with Gasteiger partial charge in [0.25, 0.3) is 5.91 Å². The van der Waals surface area contributed by atoms with Crippen molar-refractivity contribution in [1.82, 2.24) is 15.0 Å². The Bertz CT molecular complexity index is 1750. The number of ether oxygens (including phenoxy) is 1. The second-order valence-electron chi connectivity index (χ2n) is 10.0. The first kappa shape index (κ1) is 26.0. The van der Waals surface area contributed by atoms with E-state index < -0.39 is 0 Å². The first-order chi connectivity index (χ1) is 19.4. The summed E-state index contributed by atoms with van der Waals surface area (Å²) in [5, 5.41) is 9.50. The topological polar surface area (TPSA) is 89.6 Å². The molecule has 1 aliphatic heterocycles. The summed E-state index contributed by atoms with van der Waals surface area (Å²) >= 11 is 6.17. The number of carbonyl (C=O) groups excluding carboxylic acids is 2. The molecule has 0 bridgehead atoms. The number of hydrogen-bond donors (Lipinski definition) is 1. The molecule has 1 aliphatic rings. The lowest BCUT2D eigenvalue weighted by atomic mass is 9.97. The predicted molar refractivity (Wildman–Crippen MR) is 156 cm³/mol. The number of fused-ring (bicyclic) bond motifs is 3. The molecule has 3 aromatic carbocycles. The zero-order valence-electron chi connectivity index (χ0n) is 22.6. The largest absolute Gasteiger partial charge is 0.449 e. The predicted octanol–water partition coefficient (Wildman–Crippen LogP) is 6.86. The van der Waals surface area contributed by atoms with Crippen molar-refractivity contribution in [2.75, 3.05) is 24.6 Å². The molecule has 0 aliphatic carbocycles. The van der Waals surface area contributed by atoms with E-state index in [0.717, 1.165) is 56.3 Å². The van der Waals surface area contributed by atoms with Crippen LogP contribution in [0.15, 0.2) is 59.1 Å². The van der Waals surface area contributed by atoms with E-state index in [1.54, 1.807) is 4.90 Å². The van der Waals surface area contributed by atoms with Crippen LogP contribution < -0.4 is 10.2 Å². The smallest absolute Gasteiger partial charge is 0.414 e. The van der Waals surface area contributed by atoms with Crippen LogP contribution in [0.4, 0.5) is 10.5 Å². The first-order valence-electron chi connectivity index (χ1n) is 13.4. The highest BCUT2D eigenvalue weighted by Gasteiger charge is 2.25. The Kier molecular flexibility index (Phi) is 6.72. The van der Waals surface area contributed by atoms with Gasteiger partial charge in [0.2, 0.25) is 0 Å². The Morgan fingerprint density at radius 1 is 1.07 bits per heavy atom. The Morgan fingerprint density at radius 2 is 1.88 bits per heavy atom. The average Bonchev–Trinajstić information content (AvgIpc) is 3.45. The highest BCUT2D eigenvalue weighted by molar-refractivity contribution is 6.30. The molecule has 2 amide bonds. The molecule has 5 aromatic rings. The van der Waals surface area contributed by atoms with Gasteiger partial charge in [-0.3, -0.25) is 9.69 Å². The highest BCUT2D eigenvalue weighted by atomic mass is 35.5. The van der Waals surface area contributed by atoms with Crippen molar-refractivity contribution in [1.29, 1.82) is 0 Å². The lowest BCUT2D eigenvalue weighted by Crippen LogP contribution is -2.37. The third-order valence-electron chi connectivity index (χ3n) is 7.39. The van der Waals surface area contributed by atoms with Crippen molar-refractivity contribution in [3.8, 4) is 11.1 Å². The summed E-state index contributed by atoms with van der Waals surface area (Å²) in [5.41, 5.74) is 6.66. The van der Waals surface area contributed by atoms with Gasteiger partial charge < -0.3 is 19.1 Å². The summed E-state index contributed by atoms with van der Waals surface area (Å²) in [4.78, 5) is 27.8. The molecule has 1 fully saturated rings. The van der Waals surface area contributed by atoms with E-state index >= 15 is 0 Å². The lowest BCUT2D eigenvalue weighted by molar-refractivity contribution is 0.0957. The van der Waals surface area contributed by atoms with Crippen LogP contribution in [0.2, 0.25) is 5.02 Å². The van der Waals surface area contributed by atoms with Crippen molar-refractivity contribution in [2.24, 2.45) is 0 Å². The van der Waals surface area contributed by atoms with Crippen molar-refractivity contribution >= 4 is 51.1 Å².